The maximum Gasteiger partial charge on any atom is 0.250 e. The molecule has 1 unspecified atom stereocenters. The summed E-state index contributed by atoms with van der Waals surface area (Å²) in [7, 11) is 0. The number of likely N-dealkylation sites (tertiary alicyclic amines) is 1. The number of hydrogen-bond donors (Lipinski definition) is 1. The van der Waals surface area contributed by atoms with Crippen molar-refractivity contribution in [2.24, 2.45) is 11.8 Å². The molecule has 218 valence electrons. The normalized spacial score (nSPS) is 31.9. The van der Waals surface area contributed by atoms with Crippen LogP contribution in [0.15, 0.2) is 48.6 Å². The number of carbonyl (C=O) groups excluding carboxylic acids is 3. The summed E-state index contributed by atoms with van der Waals surface area (Å²) in [5.41, 5.74) is -0.867. The zero-order valence-corrected chi connectivity index (χ0v) is 23.8. The van der Waals surface area contributed by atoms with Crippen LogP contribution in [-0.2, 0) is 25.8 Å². The smallest absolute Gasteiger partial charge is 0.250 e. The van der Waals surface area contributed by atoms with Crippen LogP contribution >= 0.6 is 0 Å². The summed E-state index contributed by atoms with van der Waals surface area (Å²) in [6.45, 7) is 6.99. The second-order valence-electron chi connectivity index (χ2n) is 11.5. The minimum Gasteiger partial charge on any atom is -0.394 e. The molecular formula is C30H38N6O5. The third kappa shape index (κ3) is 3.96. The Morgan fingerprint density at radius 1 is 1.00 bits per heavy atom. The highest BCUT2D eigenvalue weighted by atomic mass is 16.5. The monoisotopic (exact) mass is 562 g/mol. The minimum absolute atomic E-state index is 0.123. The Balaban J connectivity index is 1.46. The van der Waals surface area contributed by atoms with E-state index in [-0.39, 0.29) is 37.5 Å². The Morgan fingerprint density at radius 3 is 2.49 bits per heavy atom. The number of nitrogens with zero attached hydrogens (tertiary/aromatic N) is 6. The van der Waals surface area contributed by atoms with Gasteiger partial charge in [0.1, 0.15) is 23.8 Å². The molecule has 3 amide bonds. The molecular weight excluding hydrogens is 524 g/mol. The van der Waals surface area contributed by atoms with Crippen molar-refractivity contribution in [3.63, 3.8) is 0 Å². The molecule has 6 rings (SSSR count). The van der Waals surface area contributed by atoms with E-state index in [9.17, 15) is 19.5 Å². The lowest BCUT2D eigenvalue weighted by atomic mass is 9.73. The summed E-state index contributed by atoms with van der Waals surface area (Å²) in [5.74, 6) is -2.42. The van der Waals surface area contributed by atoms with Crippen molar-refractivity contribution in [1.29, 1.82) is 0 Å². The lowest BCUT2D eigenvalue weighted by Crippen LogP contribution is -2.59. The molecule has 2 fully saturated rings. The van der Waals surface area contributed by atoms with Crippen molar-refractivity contribution in [2.75, 3.05) is 26.2 Å². The molecule has 0 bridgehead atoms. The van der Waals surface area contributed by atoms with Crippen LogP contribution in [0.5, 0.6) is 0 Å². The van der Waals surface area contributed by atoms with Crippen molar-refractivity contribution < 1.29 is 24.2 Å². The number of para-hydroxylation sites is 1. The van der Waals surface area contributed by atoms with Gasteiger partial charge in [-0.25, -0.2) is 4.68 Å². The van der Waals surface area contributed by atoms with Gasteiger partial charge < -0.3 is 24.5 Å². The largest absolute Gasteiger partial charge is 0.394 e. The molecule has 11 nitrogen and oxygen atoms in total. The highest BCUT2D eigenvalue weighted by molar-refractivity contribution is 6.00. The van der Waals surface area contributed by atoms with Gasteiger partial charge in [-0.2, -0.15) is 0 Å². The molecule has 2 saturated heterocycles. The summed E-state index contributed by atoms with van der Waals surface area (Å²) in [6, 6.07) is 5.90. The summed E-state index contributed by atoms with van der Waals surface area (Å²) in [5, 5.41) is 18.9. The van der Waals surface area contributed by atoms with Gasteiger partial charge in [0.15, 0.2) is 0 Å². The maximum absolute atomic E-state index is 14.6. The first-order valence-electron chi connectivity index (χ1n) is 14.7. The fourth-order valence-corrected chi connectivity index (χ4v) is 7.39. The van der Waals surface area contributed by atoms with E-state index in [0.29, 0.717) is 25.9 Å². The Labute approximate surface area is 239 Å². The van der Waals surface area contributed by atoms with E-state index in [1.165, 1.54) is 4.90 Å². The molecule has 6 atom stereocenters. The summed E-state index contributed by atoms with van der Waals surface area (Å²) < 4.78 is 8.66. The number of carbonyl (C=O) groups is 3. The lowest BCUT2D eigenvalue weighted by Gasteiger charge is -2.40. The number of benzene rings is 1. The Bertz CT molecular complexity index is 1420. The average molecular weight is 563 g/mol. The molecule has 0 aliphatic carbocycles. The highest BCUT2D eigenvalue weighted by Crippen LogP contribution is 2.59. The molecule has 5 heterocycles. The predicted octanol–water partition coefficient (Wildman–Crippen LogP) is 1.73. The standard InChI is InChI=1S/C30H38N6O5/c1-4-15-33-16-9-13-29(6-3)23(26(33)38)24-27(39)36(20(5-2)18-37)25-28(40)34(17-10-14-30(24,25)41-29)19-35-22-12-8-7-11-21(22)31-32-35/h7-14,20,23-25,37H,4-6,15-19H2,1-3H3/t20-,23+,24-,25?,29-,30-/m0/s1. The number of rotatable bonds is 8. The Kier molecular flexibility index (Phi) is 6.97. The summed E-state index contributed by atoms with van der Waals surface area (Å²) >= 11 is 0. The zero-order chi connectivity index (χ0) is 28.9. The van der Waals surface area contributed by atoms with Crippen LogP contribution in [0.25, 0.3) is 11.0 Å². The van der Waals surface area contributed by atoms with Gasteiger partial charge in [0.25, 0.3) is 5.91 Å². The van der Waals surface area contributed by atoms with Gasteiger partial charge in [-0.15, -0.1) is 5.10 Å². The fraction of sp³-hybridized carbons (Fsp3) is 0.567. The number of aromatic nitrogens is 3. The zero-order valence-electron chi connectivity index (χ0n) is 23.8. The molecule has 11 heteroatoms. The van der Waals surface area contributed by atoms with Gasteiger partial charge in [0.2, 0.25) is 11.8 Å². The molecule has 2 aromatic rings. The SMILES string of the molecule is CCCN1CC=C[C@]2(CC)O[C@]34C=CCN(Cn5nnc6ccccc65)C(=O)C3N([C@@H](CC)CO)C(=O)[C@@H]4[C@@H]2C1=O. The van der Waals surface area contributed by atoms with Gasteiger partial charge in [-0.1, -0.05) is 62.4 Å². The third-order valence-corrected chi connectivity index (χ3v) is 9.34. The van der Waals surface area contributed by atoms with E-state index >= 15 is 0 Å². The number of ether oxygens (including phenoxy) is 1. The number of hydrogen-bond acceptors (Lipinski definition) is 7. The third-order valence-electron chi connectivity index (χ3n) is 9.34. The van der Waals surface area contributed by atoms with Crippen LogP contribution in [0.1, 0.15) is 40.0 Å². The van der Waals surface area contributed by atoms with Crippen molar-refractivity contribution in [3.8, 4) is 0 Å². The van der Waals surface area contributed by atoms with Crippen molar-refractivity contribution >= 4 is 28.8 Å². The summed E-state index contributed by atoms with van der Waals surface area (Å²) in [4.78, 5) is 48.2. The first-order valence-corrected chi connectivity index (χ1v) is 14.7. The first kappa shape index (κ1) is 27.6. The molecule has 0 radical (unpaired) electrons. The number of fused-ring (bicyclic) bond motifs is 3. The van der Waals surface area contributed by atoms with Crippen LogP contribution in [0.2, 0.25) is 0 Å². The number of aliphatic hydroxyl groups excluding tert-OH is 1. The van der Waals surface area contributed by atoms with Gasteiger partial charge >= 0.3 is 0 Å². The van der Waals surface area contributed by atoms with E-state index in [0.717, 1.165) is 17.5 Å². The van der Waals surface area contributed by atoms with E-state index in [1.807, 2.05) is 69.3 Å². The van der Waals surface area contributed by atoms with E-state index in [2.05, 4.69) is 10.3 Å². The van der Waals surface area contributed by atoms with Gasteiger partial charge in [0, 0.05) is 19.6 Å². The minimum atomic E-state index is -1.36. The predicted molar refractivity (Wildman–Crippen MR) is 150 cm³/mol. The number of aliphatic hydroxyl groups is 1. The van der Waals surface area contributed by atoms with Crippen molar-refractivity contribution in [1.82, 2.24) is 29.7 Å². The van der Waals surface area contributed by atoms with Crippen LogP contribution in [0.3, 0.4) is 0 Å². The molecule has 4 aliphatic rings. The van der Waals surface area contributed by atoms with E-state index < -0.39 is 35.1 Å². The molecule has 1 aromatic carbocycles. The average Bonchev–Trinajstić information content (AvgIpc) is 3.52. The highest BCUT2D eigenvalue weighted by Gasteiger charge is 2.75. The van der Waals surface area contributed by atoms with Crippen molar-refractivity contribution in [3.05, 3.63) is 48.6 Å². The second kappa shape index (κ2) is 10.4. The van der Waals surface area contributed by atoms with Gasteiger partial charge in [0.05, 0.1) is 35.6 Å². The maximum atomic E-state index is 14.6. The molecule has 4 aliphatic heterocycles. The molecule has 0 saturated carbocycles. The topological polar surface area (TPSA) is 121 Å². The number of amides is 3. The molecule has 41 heavy (non-hydrogen) atoms. The van der Waals surface area contributed by atoms with Crippen LogP contribution in [0, 0.1) is 11.8 Å². The van der Waals surface area contributed by atoms with Crippen LogP contribution in [-0.4, -0.2) is 102 Å². The van der Waals surface area contributed by atoms with Crippen LogP contribution in [0.4, 0.5) is 0 Å². The lowest BCUT2D eigenvalue weighted by molar-refractivity contribution is -0.158. The molecule has 1 spiro atoms. The summed E-state index contributed by atoms with van der Waals surface area (Å²) in [6.07, 6.45) is 9.33. The van der Waals surface area contributed by atoms with Gasteiger partial charge in [-0.3, -0.25) is 14.4 Å². The van der Waals surface area contributed by atoms with E-state index in [4.69, 9.17) is 4.74 Å². The fourth-order valence-electron chi connectivity index (χ4n) is 7.39. The van der Waals surface area contributed by atoms with Crippen molar-refractivity contribution in [2.45, 2.75) is 70.0 Å². The molecule has 1 aromatic heterocycles. The first-order chi connectivity index (χ1) is 19.9. The molecule has 1 N–H and O–H groups in total. The quantitative estimate of drug-likeness (QED) is 0.487. The Morgan fingerprint density at radius 2 is 1.76 bits per heavy atom. The van der Waals surface area contributed by atoms with E-state index in [1.54, 1.807) is 14.5 Å². The Hall–Kier alpha value is -3.57. The van der Waals surface area contributed by atoms with Crippen LogP contribution < -0.4 is 0 Å². The second-order valence-corrected chi connectivity index (χ2v) is 11.5. The van der Waals surface area contributed by atoms with Gasteiger partial charge in [-0.05, 0) is 31.4 Å².